The lowest BCUT2D eigenvalue weighted by molar-refractivity contribution is -0.152. The topological polar surface area (TPSA) is 72.5 Å². The van der Waals surface area contributed by atoms with Crippen molar-refractivity contribution in [3.05, 3.63) is 29.8 Å². The van der Waals surface area contributed by atoms with Crippen LogP contribution in [0.2, 0.25) is 0 Å². The van der Waals surface area contributed by atoms with Crippen LogP contribution in [0.15, 0.2) is 24.3 Å². The summed E-state index contributed by atoms with van der Waals surface area (Å²) in [4.78, 5) is 11.6. The van der Waals surface area contributed by atoms with Gasteiger partial charge < -0.3 is 15.6 Å². The molecular formula is C12H18ClNO3. The summed E-state index contributed by atoms with van der Waals surface area (Å²) in [6, 6.07) is 6.10. The van der Waals surface area contributed by atoms with Crippen molar-refractivity contribution in [2.75, 3.05) is 7.11 Å². The van der Waals surface area contributed by atoms with E-state index in [2.05, 4.69) is 0 Å². The van der Waals surface area contributed by atoms with E-state index in [1.807, 2.05) is 0 Å². The highest BCUT2D eigenvalue weighted by molar-refractivity contribution is 5.85. The Bertz CT molecular complexity index is 393. The number of carbonyl (C=O) groups is 1. The molecule has 3 N–H and O–H groups in total. The molecule has 4 nitrogen and oxygen atoms in total. The van der Waals surface area contributed by atoms with Crippen molar-refractivity contribution in [1.82, 2.24) is 0 Å². The number of hydrogen-bond donors (Lipinski definition) is 2. The molecule has 96 valence electrons. The highest BCUT2D eigenvalue weighted by Crippen LogP contribution is 2.36. The number of para-hydroxylation sites is 1. The van der Waals surface area contributed by atoms with Crippen LogP contribution in [0.1, 0.15) is 25.5 Å². The molecule has 1 rings (SSSR count). The minimum absolute atomic E-state index is 0. The molecule has 0 radical (unpaired) electrons. The first-order valence-electron chi connectivity index (χ1n) is 5.03. The Morgan fingerprint density at radius 2 is 1.94 bits per heavy atom. The smallest absolute Gasteiger partial charge is 0.313 e. The van der Waals surface area contributed by atoms with Gasteiger partial charge in [-0.3, -0.25) is 4.79 Å². The Labute approximate surface area is 107 Å². The molecule has 0 heterocycles. The molecule has 0 saturated carbocycles. The van der Waals surface area contributed by atoms with Crippen molar-refractivity contribution in [2.45, 2.75) is 19.9 Å². The van der Waals surface area contributed by atoms with Crippen molar-refractivity contribution in [1.29, 1.82) is 0 Å². The number of benzene rings is 1. The van der Waals surface area contributed by atoms with Gasteiger partial charge in [-0.25, -0.2) is 0 Å². The third kappa shape index (κ3) is 3.11. The minimum Gasteiger partial charge on any atom is -0.508 e. The maximum atomic E-state index is 11.6. The van der Waals surface area contributed by atoms with E-state index in [-0.39, 0.29) is 18.2 Å². The molecule has 1 atom stereocenters. The Morgan fingerprint density at radius 3 is 2.41 bits per heavy atom. The summed E-state index contributed by atoms with van der Waals surface area (Å²) in [7, 11) is 1.32. The number of aromatic hydroxyl groups is 1. The number of methoxy groups -OCH3 is 1. The fourth-order valence-electron chi connectivity index (χ4n) is 1.53. The highest BCUT2D eigenvalue weighted by atomic mass is 35.5. The zero-order valence-corrected chi connectivity index (χ0v) is 11.0. The molecule has 0 spiro atoms. The molecule has 0 amide bonds. The van der Waals surface area contributed by atoms with Crippen LogP contribution in [0.4, 0.5) is 0 Å². The first-order valence-corrected chi connectivity index (χ1v) is 5.03. The van der Waals surface area contributed by atoms with Crippen molar-refractivity contribution >= 4 is 18.4 Å². The van der Waals surface area contributed by atoms with Gasteiger partial charge in [-0.2, -0.15) is 0 Å². The number of esters is 1. The second-order valence-electron chi connectivity index (χ2n) is 4.25. The third-order valence-corrected chi connectivity index (χ3v) is 2.76. The summed E-state index contributed by atoms with van der Waals surface area (Å²) in [6.45, 7) is 3.38. The maximum absolute atomic E-state index is 11.6. The van der Waals surface area contributed by atoms with Gasteiger partial charge in [-0.1, -0.05) is 18.2 Å². The summed E-state index contributed by atoms with van der Waals surface area (Å²) in [5, 5.41) is 9.67. The number of ether oxygens (including phenoxy) is 1. The van der Waals surface area contributed by atoms with Crippen LogP contribution >= 0.6 is 12.4 Å². The SMILES string of the molecule is COC(=O)C(C)(C)[C@H](N)c1ccccc1O.Cl. The quantitative estimate of drug-likeness (QED) is 0.815. The molecule has 0 aliphatic rings. The summed E-state index contributed by atoms with van der Waals surface area (Å²) < 4.78 is 4.70. The number of carbonyl (C=O) groups excluding carboxylic acids is 1. The van der Waals surface area contributed by atoms with Gasteiger partial charge >= 0.3 is 5.97 Å². The van der Waals surface area contributed by atoms with Crippen molar-refractivity contribution in [3.63, 3.8) is 0 Å². The summed E-state index contributed by atoms with van der Waals surface area (Å²) in [5.41, 5.74) is 5.65. The number of phenolic OH excluding ortho intramolecular Hbond substituents is 1. The number of phenols is 1. The molecule has 0 saturated heterocycles. The average Bonchev–Trinajstić information content (AvgIpc) is 2.27. The normalized spacial score (nSPS) is 12.5. The molecule has 0 aliphatic heterocycles. The first-order chi connectivity index (χ1) is 7.41. The minimum atomic E-state index is -0.881. The fraction of sp³-hybridized carbons (Fsp3) is 0.417. The van der Waals surface area contributed by atoms with Crippen LogP contribution in [0.3, 0.4) is 0 Å². The number of hydrogen-bond acceptors (Lipinski definition) is 4. The molecule has 0 unspecified atom stereocenters. The van der Waals surface area contributed by atoms with E-state index in [0.29, 0.717) is 5.56 Å². The van der Waals surface area contributed by atoms with Gasteiger partial charge in [-0.15, -0.1) is 12.4 Å². The largest absolute Gasteiger partial charge is 0.508 e. The molecule has 0 bridgehead atoms. The molecule has 1 aromatic carbocycles. The molecule has 0 aromatic heterocycles. The monoisotopic (exact) mass is 259 g/mol. The zero-order chi connectivity index (χ0) is 12.3. The molecular weight excluding hydrogens is 242 g/mol. The lowest BCUT2D eigenvalue weighted by Gasteiger charge is -2.29. The average molecular weight is 260 g/mol. The van der Waals surface area contributed by atoms with Gasteiger partial charge in [0.25, 0.3) is 0 Å². The Morgan fingerprint density at radius 1 is 1.41 bits per heavy atom. The van der Waals surface area contributed by atoms with E-state index in [9.17, 15) is 9.90 Å². The van der Waals surface area contributed by atoms with Crippen molar-refractivity contribution in [3.8, 4) is 5.75 Å². The zero-order valence-electron chi connectivity index (χ0n) is 10.1. The molecule has 0 fully saturated rings. The van der Waals surface area contributed by atoms with Gasteiger partial charge in [0.05, 0.1) is 12.5 Å². The maximum Gasteiger partial charge on any atom is 0.313 e. The van der Waals surface area contributed by atoms with Crippen LogP contribution in [0, 0.1) is 5.41 Å². The Kier molecular flexibility index (Phi) is 5.45. The Balaban J connectivity index is 0.00000256. The number of nitrogens with two attached hydrogens (primary N) is 1. The van der Waals surface area contributed by atoms with Crippen LogP contribution < -0.4 is 5.73 Å². The van der Waals surface area contributed by atoms with Crippen LogP contribution in [-0.4, -0.2) is 18.2 Å². The molecule has 17 heavy (non-hydrogen) atoms. The van der Waals surface area contributed by atoms with Gasteiger partial charge in [0, 0.05) is 11.6 Å². The van der Waals surface area contributed by atoms with Gasteiger partial charge in [0.1, 0.15) is 5.75 Å². The van der Waals surface area contributed by atoms with Crippen LogP contribution in [0.25, 0.3) is 0 Å². The molecule has 1 aromatic rings. The van der Waals surface area contributed by atoms with E-state index in [4.69, 9.17) is 10.5 Å². The van der Waals surface area contributed by atoms with E-state index < -0.39 is 17.4 Å². The molecule has 0 aliphatic carbocycles. The summed E-state index contributed by atoms with van der Waals surface area (Å²) in [5.74, 6) is -0.310. The lowest BCUT2D eigenvalue weighted by Crippen LogP contribution is -2.37. The lowest BCUT2D eigenvalue weighted by atomic mass is 9.81. The van der Waals surface area contributed by atoms with Crippen LogP contribution in [-0.2, 0) is 9.53 Å². The summed E-state index contributed by atoms with van der Waals surface area (Å²) in [6.07, 6.45) is 0. The second kappa shape index (κ2) is 5.89. The fourth-order valence-corrected chi connectivity index (χ4v) is 1.53. The second-order valence-corrected chi connectivity index (χ2v) is 4.25. The predicted molar refractivity (Wildman–Crippen MR) is 68.1 cm³/mol. The third-order valence-electron chi connectivity index (χ3n) is 2.76. The Hall–Kier alpha value is -1.26. The van der Waals surface area contributed by atoms with Crippen molar-refractivity contribution in [2.24, 2.45) is 11.1 Å². The first kappa shape index (κ1) is 15.7. The standard InChI is InChI=1S/C12H17NO3.ClH/c1-12(2,11(15)16-3)10(13)8-6-4-5-7-9(8)14;/h4-7,10,14H,13H2,1-3H3;1H/t10-;/m1./s1. The highest BCUT2D eigenvalue weighted by Gasteiger charge is 2.37. The number of halogens is 1. The van der Waals surface area contributed by atoms with E-state index >= 15 is 0 Å². The van der Waals surface area contributed by atoms with E-state index in [0.717, 1.165) is 0 Å². The molecule has 5 heteroatoms. The van der Waals surface area contributed by atoms with E-state index in [1.54, 1.807) is 38.1 Å². The predicted octanol–water partition coefficient (Wildman–Crippen LogP) is 2.01. The van der Waals surface area contributed by atoms with Gasteiger partial charge in [-0.05, 0) is 19.9 Å². The van der Waals surface area contributed by atoms with Crippen molar-refractivity contribution < 1.29 is 14.6 Å². The van der Waals surface area contributed by atoms with Crippen LogP contribution in [0.5, 0.6) is 5.75 Å². The van der Waals surface area contributed by atoms with Gasteiger partial charge in [0.15, 0.2) is 0 Å². The summed E-state index contributed by atoms with van der Waals surface area (Å²) >= 11 is 0. The number of rotatable bonds is 3. The van der Waals surface area contributed by atoms with E-state index in [1.165, 1.54) is 7.11 Å². The van der Waals surface area contributed by atoms with Gasteiger partial charge in [0.2, 0.25) is 0 Å².